The zero-order valence-electron chi connectivity index (χ0n) is 19.6. The number of benzene rings is 3. The summed E-state index contributed by atoms with van der Waals surface area (Å²) in [5.41, 5.74) is 3.67. The number of ether oxygens (including phenoxy) is 1. The van der Waals surface area contributed by atoms with Gasteiger partial charge in [0, 0.05) is 15.3 Å². The van der Waals surface area contributed by atoms with Crippen molar-refractivity contribution >= 4 is 56.5 Å². The largest absolute Gasteiger partial charge is 0.489 e. The maximum atomic E-state index is 13.8. The van der Waals surface area contributed by atoms with Gasteiger partial charge < -0.3 is 9.72 Å². The molecule has 37 heavy (non-hydrogen) atoms. The number of hydrogen-bond donors (Lipinski definition) is 1. The summed E-state index contributed by atoms with van der Waals surface area (Å²) >= 11 is 5.79. The Hall–Kier alpha value is -3.14. The zero-order chi connectivity index (χ0) is 25.7. The van der Waals surface area contributed by atoms with Crippen molar-refractivity contribution in [2.24, 2.45) is 5.92 Å². The molecule has 3 atom stereocenters. The van der Waals surface area contributed by atoms with Crippen LogP contribution in [-0.4, -0.2) is 22.0 Å². The standard InChI is InChI=1S/C28H21BrN2O4S2/c1-15-3-2-4-16(13-15)14-35-20-11-5-17(6-12-20)21-22-24(36-25-23(21)37-28(34)30-25)27(33)31(26(22)32)19-9-7-18(29)8-10-19/h2-13,21-22,24H,14H2,1H3,(H,30,34)/t21-,22-,24+/m0/s1. The number of imide groups is 1. The van der Waals surface area contributed by atoms with Crippen LogP contribution >= 0.6 is 39.0 Å². The lowest BCUT2D eigenvalue weighted by atomic mass is 9.83. The number of nitrogens with one attached hydrogen (secondary N) is 1. The molecule has 2 aliphatic rings. The molecule has 1 N–H and O–H groups in total. The second-order valence-corrected chi connectivity index (χ2v) is 12.2. The van der Waals surface area contributed by atoms with Gasteiger partial charge in [-0.3, -0.25) is 14.4 Å². The van der Waals surface area contributed by atoms with Crippen molar-refractivity contribution in [3.63, 3.8) is 0 Å². The van der Waals surface area contributed by atoms with Gasteiger partial charge in [-0.05, 0) is 54.4 Å². The van der Waals surface area contributed by atoms with Crippen molar-refractivity contribution in [2.45, 2.75) is 29.7 Å². The molecule has 4 aromatic rings. The van der Waals surface area contributed by atoms with E-state index in [0.717, 1.165) is 31.8 Å². The van der Waals surface area contributed by atoms with Crippen molar-refractivity contribution in [1.82, 2.24) is 4.98 Å². The van der Waals surface area contributed by atoms with E-state index in [9.17, 15) is 14.4 Å². The highest BCUT2D eigenvalue weighted by Crippen LogP contribution is 2.53. The highest BCUT2D eigenvalue weighted by atomic mass is 79.9. The normalized spacial score (nSPS) is 20.6. The third kappa shape index (κ3) is 4.45. The van der Waals surface area contributed by atoms with Crippen molar-refractivity contribution in [3.05, 3.63) is 109 Å². The van der Waals surface area contributed by atoms with E-state index in [2.05, 4.69) is 27.0 Å². The van der Waals surface area contributed by atoms with Crippen LogP contribution in [0.15, 0.2) is 87.1 Å². The van der Waals surface area contributed by atoms with Crippen LogP contribution in [0.25, 0.3) is 0 Å². The molecule has 1 saturated heterocycles. The summed E-state index contributed by atoms with van der Waals surface area (Å²) in [6.45, 7) is 2.50. The van der Waals surface area contributed by atoms with Crippen LogP contribution in [0.3, 0.4) is 0 Å². The summed E-state index contributed by atoms with van der Waals surface area (Å²) in [5.74, 6) is -0.823. The number of anilines is 1. The minimum Gasteiger partial charge on any atom is -0.489 e. The van der Waals surface area contributed by atoms with Crippen LogP contribution in [0.5, 0.6) is 5.75 Å². The van der Waals surface area contributed by atoms with Crippen LogP contribution < -0.4 is 14.5 Å². The van der Waals surface area contributed by atoms with Crippen molar-refractivity contribution in [1.29, 1.82) is 0 Å². The van der Waals surface area contributed by atoms with Gasteiger partial charge in [-0.2, -0.15) is 0 Å². The summed E-state index contributed by atoms with van der Waals surface area (Å²) < 4.78 is 6.85. The minimum absolute atomic E-state index is 0.190. The number of halogens is 1. The molecule has 6 nitrogen and oxygen atoms in total. The molecule has 2 amide bonds. The molecule has 3 heterocycles. The number of carbonyl (C=O) groups is 2. The highest BCUT2D eigenvalue weighted by molar-refractivity contribution is 9.10. The number of fused-ring (bicyclic) bond motifs is 2. The number of thioether (sulfide) groups is 1. The Balaban J connectivity index is 1.32. The molecule has 0 aliphatic carbocycles. The lowest BCUT2D eigenvalue weighted by Crippen LogP contribution is -2.32. The Bertz CT molecular complexity index is 1560. The average molecular weight is 594 g/mol. The number of rotatable bonds is 5. The molecule has 0 bridgehead atoms. The van der Waals surface area contributed by atoms with E-state index < -0.39 is 17.1 Å². The van der Waals surface area contributed by atoms with Crippen LogP contribution in [0, 0.1) is 12.8 Å². The minimum atomic E-state index is -0.615. The van der Waals surface area contributed by atoms with Crippen LogP contribution in [0.4, 0.5) is 5.69 Å². The van der Waals surface area contributed by atoms with E-state index >= 15 is 0 Å². The number of carbonyl (C=O) groups excluding carboxylic acids is 2. The predicted octanol–water partition coefficient (Wildman–Crippen LogP) is 5.88. The van der Waals surface area contributed by atoms with Gasteiger partial charge >= 0.3 is 4.87 Å². The number of thiazole rings is 1. The third-order valence-electron chi connectivity index (χ3n) is 6.64. The monoisotopic (exact) mass is 592 g/mol. The smallest absolute Gasteiger partial charge is 0.305 e. The molecule has 3 aromatic carbocycles. The van der Waals surface area contributed by atoms with Gasteiger partial charge in [0.2, 0.25) is 11.8 Å². The van der Waals surface area contributed by atoms with E-state index in [1.54, 1.807) is 12.1 Å². The molecule has 0 spiro atoms. The van der Waals surface area contributed by atoms with Crippen LogP contribution in [0.1, 0.15) is 27.5 Å². The first-order valence-corrected chi connectivity index (χ1v) is 14.2. The summed E-state index contributed by atoms with van der Waals surface area (Å²) in [7, 11) is 0. The molecular formula is C28H21BrN2O4S2. The molecule has 186 valence electrons. The highest BCUT2D eigenvalue weighted by Gasteiger charge is 2.56. The van der Waals surface area contributed by atoms with E-state index in [1.165, 1.54) is 22.2 Å². The SMILES string of the molecule is Cc1cccc(COc2ccc([C@@H]3c4sc(=O)[nH]c4S[C@H]4C(=O)N(c5ccc(Br)cc5)C(=O)[C@@H]34)cc2)c1. The topological polar surface area (TPSA) is 79.5 Å². The van der Waals surface area contributed by atoms with Gasteiger partial charge in [0.15, 0.2) is 0 Å². The fraction of sp³-hybridized carbons (Fsp3) is 0.179. The van der Waals surface area contributed by atoms with E-state index in [4.69, 9.17) is 4.74 Å². The lowest BCUT2D eigenvalue weighted by molar-refractivity contribution is -0.122. The molecule has 2 aliphatic heterocycles. The maximum Gasteiger partial charge on any atom is 0.305 e. The van der Waals surface area contributed by atoms with Crippen molar-refractivity contribution < 1.29 is 14.3 Å². The Morgan fingerprint density at radius 1 is 0.973 bits per heavy atom. The van der Waals surface area contributed by atoms with Gasteiger partial charge in [-0.25, -0.2) is 4.90 Å². The van der Waals surface area contributed by atoms with Gasteiger partial charge in [0.05, 0.1) is 16.6 Å². The van der Waals surface area contributed by atoms with Crippen molar-refractivity contribution in [2.75, 3.05) is 4.90 Å². The maximum absolute atomic E-state index is 13.8. The van der Waals surface area contributed by atoms with E-state index in [0.29, 0.717) is 23.1 Å². The molecule has 1 fully saturated rings. The summed E-state index contributed by atoms with van der Waals surface area (Å²) in [4.78, 5) is 44.3. The molecular weight excluding hydrogens is 572 g/mol. The van der Waals surface area contributed by atoms with E-state index in [1.807, 2.05) is 61.5 Å². The number of aromatic nitrogens is 1. The number of nitrogens with zero attached hydrogens (tertiary/aromatic N) is 1. The number of aromatic amines is 1. The number of H-pyrrole nitrogens is 1. The van der Waals surface area contributed by atoms with Crippen LogP contribution in [-0.2, 0) is 16.2 Å². The first-order chi connectivity index (χ1) is 17.9. The third-order valence-corrected chi connectivity index (χ3v) is 9.57. The summed E-state index contributed by atoms with van der Waals surface area (Å²) in [6, 6.07) is 22.9. The van der Waals surface area contributed by atoms with Gasteiger partial charge in [0.25, 0.3) is 0 Å². The van der Waals surface area contributed by atoms with E-state index in [-0.39, 0.29) is 16.7 Å². The fourth-order valence-corrected chi connectivity index (χ4v) is 7.74. The molecule has 1 aromatic heterocycles. The molecule has 6 rings (SSSR count). The zero-order valence-corrected chi connectivity index (χ0v) is 22.9. The fourth-order valence-electron chi connectivity index (χ4n) is 4.96. The number of hydrogen-bond acceptors (Lipinski definition) is 6. The first-order valence-electron chi connectivity index (χ1n) is 11.7. The molecule has 0 unspecified atom stereocenters. The second kappa shape index (κ2) is 9.63. The number of amides is 2. The summed E-state index contributed by atoms with van der Waals surface area (Å²) in [6.07, 6.45) is 0. The molecule has 9 heteroatoms. The Morgan fingerprint density at radius 3 is 2.46 bits per heavy atom. The predicted molar refractivity (Wildman–Crippen MR) is 149 cm³/mol. The van der Waals surface area contributed by atoms with Crippen molar-refractivity contribution in [3.8, 4) is 5.75 Å². The van der Waals surface area contributed by atoms with Gasteiger partial charge in [0.1, 0.15) is 17.6 Å². The average Bonchev–Trinajstić information content (AvgIpc) is 3.38. The van der Waals surface area contributed by atoms with Gasteiger partial charge in [-0.1, -0.05) is 81.0 Å². The Kier molecular flexibility index (Phi) is 6.30. The van der Waals surface area contributed by atoms with Crippen LogP contribution in [0.2, 0.25) is 0 Å². The Labute approximate surface area is 229 Å². The Morgan fingerprint density at radius 2 is 1.73 bits per heavy atom. The molecule has 0 radical (unpaired) electrons. The lowest BCUT2D eigenvalue weighted by Gasteiger charge is -2.29. The number of aryl methyl sites for hydroxylation is 1. The quantitative estimate of drug-likeness (QED) is 0.293. The molecule has 0 saturated carbocycles. The first kappa shape index (κ1) is 24.2. The summed E-state index contributed by atoms with van der Waals surface area (Å²) in [5, 5.41) is 0.0518. The van der Waals surface area contributed by atoms with Gasteiger partial charge in [-0.15, -0.1) is 0 Å². The second-order valence-electron chi connectivity index (χ2n) is 9.08.